The molecule has 178 valence electrons. The molecule has 1 aliphatic rings. The van der Waals surface area contributed by atoms with E-state index in [1.54, 1.807) is 38.4 Å². The second kappa shape index (κ2) is 14.0. The molecule has 32 heavy (non-hydrogen) atoms. The van der Waals surface area contributed by atoms with Gasteiger partial charge in [-0.25, -0.2) is 8.42 Å². The lowest BCUT2D eigenvalue weighted by molar-refractivity contribution is -0.103. The monoisotopic (exact) mass is 464 g/mol. The van der Waals surface area contributed by atoms with Crippen molar-refractivity contribution in [1.82, 2.24) is 14.8 Å². The fourth-order valence-corrected chi connectivity index (χ4v) is 4.56. The molecule has 1 aromatic heterocycles. The maximum atomic E-state index is 12.7. The zero-order valence-electron chi connectivity index (χ0n) is 19.2. The van der Waals surface area contributed by atoms with Gasteiger partial charge in [-0.05, 0) is 57.6 Å². The predicted molar refractivity (Wildman–Crippen MR) is 126 cm³/mol. The summed E-state index contributed by atoms with van der Waals surface area (Å²) in [5.41, 5.74) is 0.783. The van der Waals surface area contributed by atoms with Gasteiger partial charge in [-0.1, -0.05) is 30.2 Å². The van der Waals surface area contributed by atoms with Crippen LogP contribution in [0, 0.1) is 17.4 Å². The number of aliphatic imine (C=N–C) groups is 1. The van der Waals surface area contributed by atoms with Gasteiger partial charge < -0.3 is 5.32 Å². The van der Waals surface area contributed by atoms with Gasteiger partial charge in [0.1, 0.15) is 0 Å². The van der Waals surface area contributed by atoms with Gasteiger partial charge >= 0.3 is 0 Å². The first-order chi connectivity index (χ1) is 15.4. The lowest BCUT2D eigenvalue weighted by atomic mass is 9.90. The highest BCUT2D eigenvalue weighted by atomic mass is 32.2. The third-order valence-electron chi connectivity index (χ3n) is 5.44. The van der Waals surface area contributed by atoms with E-state index in [1.807, 2.05) is 6.19 Å². The molecular weight excluding hydrogens is 428 g/mol. The first-order valence-electron chi connectivity index (χ1n) is 11.4. The Morgan fingerprint density at radius 3 is 2.62 bits per heavy atom. The number of nitriles is 1. The van der Waals surface area contributed by atoms with Crippen LogP contribution in [0.1, 0.15) is 65.2 Å². The minimum atomic E-state index is -3.47. The molecule has 1 fully saturated rings. The van der Waals surface area contributed by atoms with E-state index in [-0.39, 0.29) is 0 Å². The van der Waals surface area contributed by atoms with Crippen molar-refractivity contribution >= 4 is 21.7 Å². The second-order valence-electron chi connectivity index (χ2n) is 8.31. The zero-order chi connectivity index (χ0) is 23.2. The molecule has 0 atom stereocenters. The molecule has 0 radical (unpaired) electrons. The Bertz CT molecular complexity index is 833. The summed E-state index contributed by atoms with van der Waals surface area (Å²) in [6, 6.07) is 3.57. The molecule has 0 amide bonds. The van der Waals surface area contributed by atoms with Crippen molar-refractivity contribution in [1.29, 1.82) is 5.26 Å². The number of nitrogens with one attached hydrogen (secondary N) is 2. The zero-order valence-corrected chi connectivity index (χ0v) is 20.0. The standard InChI is InChI=1S/C22H36N6O3S/c1-19(2)32(29,30)28(31-17-20-9-5-3-6-10-20)16-8-4-7-13-25-22(26-18-23)27-21-11-14-24-15-12-21/h11-12,14-15,19-20H,3-10,13,16-17H2,1-2H3,(H2,24,25,26,27). The van der Waals surface area contributed by atoms with Crippen LogP contribution in [0.5, 0.6) is 0 Å². The lowest BCUT2D eigenvalue weighted by Crippen LogP contribution is -2.38. The molecule has 0 spiro atoms. The van der Waals surface area contributed by atoms with Gasteiger partial charge in [0.25, 0.3) is 0 Å². The molecule has 1 aliphatic carbocycles. The molecular formula is C22H36N6O3S. The van der Waals surface area contributed by atoms with Crippen molar-refractivity contribution in [3.05, 3.63) is 24.5 Å². The van der Waals surface area contributed by atoms with E-state index in [0.717, 1.165) is 31.4 Å². The normalized spacial score (nSPS) is 15.7. The number of nitrogens with zero attached hydrogens (tertiary/aromatic N) is 4. The quantitative estimate of drug-likeness (QED) is 0.121. The predicted octanol–water partition coefficient (Wildman–Crippen LogP) is 3.64. The third-order valence-corrected chi connectivity index (χ3v) is 7.49. The molecule has 1 aromatic rings. The van der Waals surface area contributed by atoms with Gasteiger partial charge in [0.05, 0.1) is 11.9 Å². The van der Waals surface area contributed by atoms with Crippen LogP contribution in [-0.2, 0) is 14.9 Å². The molecule has 2 rings (SSSR count). The molecule has 0 aliphatic heterocycles. The first kappa shape index (κ1) is 26.0. The van der Waals surface area contributed by atoms with Gasteiger partial charge in [0.2, 0.25) is 16.0 Å². The number of rotatable bonds is 12. The van der Waals surface area contributed by atoms with E-state index < -0.39 is 15.3 Å². The summed E-state index contributed by atoms with van der Waals surface area (Å²) in [7, 11) is -3.47. The van der Waals surface area contributed by atoms with Crippen LogP contribution in [0.4, 0.5) is 5.69 Å². The van der Waals surface area contributed by atoms with E-state index in [9.17, 15) is 8.42 Å². The largest absolute Gasteiger partial charge is 0.325 e. The van der Waals surface area contributed by atoms with E-state index in [2.05, 4.69) is 20.6 Å². The number of hydrogen-bond donors (Lipinski definition) is 2. The average Bonchev–Trinajstić information content (AvgIpc) is 2.79. The molecule has 2 N–H and O–H groups in total. The molecule has 0 unspecified atom stereocenters. The Morgan fingerprint density at radius 2 is 1.97 bits per heavy atom. The molecule has 10 heteroatoms. The molecule has 1 heterocycles. The number of unbranched alkanes of at least 4 members (excludes halogenated alkanes) is 2. The third kappa shape index (κ3) is 9.10. The fraction of sp³-hybridized carbons (Fsp3) is 0.682. The molecule has 0 aromatic carbocycles. The number of guanidine groups is 1. The molecule has 9 nitrogen and oxygen atoms in total. The van der Waals surface area contributed by atoms with Crippen molar-refractivity contribution < 1.29 is 13.3 Å². The van der Waals surface area contributed by atoms with Crippen LogP contribution >= 0.6 is 0 Å². The lowest BCUT2D eigenvalue weighted by Gasteiger charge is -2.27. The summed E-state index contributed by atoms with van der Waals surface area (Å²) in [4.78, 5) is 14.1. The highest BCUT2D eigenvalue weighted by Gasteiger charge is 2.27. The van der Waals surface area contributed by atoms with E-state index in [4.69, 9.17) is 10.1 Å². The number of aromatic nitrogens is 1. The Hall–Kier alpha value is -2.22. The van der Waals surface area contributed by atoms with Crippen molar-refractivity contribution in [3.8, 4) is 6.19 Å². The maximum absolute atomic E-state index is 12.7. The summed E-state index contributed by atoms with van der Waals surface area (Å²) in [5, 5.41) is 14.0. The Morgan fingerprint density at radius 1 is 1.25 bits per heavy atom. The van der Waals surface area contributed by atoms with Crippen LogP contribution in [0.25, 0.3) is 0 Å². The van der Waals surface area contributed by atoms with E-state index in [0.29, 0.717) is 38.0 Å². The van der Waals surface area contributed by atoms with Crippen molar-refractivity contribution in [2.75, 3.05) is 25.0 Å². The fourth-order valence-electron chi connectivity index (χ4n) is 3.50. The van der Waals surface area contributed by atoms with E-state index >= 15 is 0 Å². The first-order valence-corrected chi connectivity index (χ1v) is 12.9. The van der Waals surface area contributed by atoms with Crippen molar-refractivity contribution in [3.63, 3.8) is 0 Å². The summed E-state index contributed by atoms with van der Waals surface area (Å²) in [6.45, 7) is 4.69. The molecule has 1 saturated carbocycles. The van der Waals surface area contributed by atoms with E-state index in [1.165, 1.54) is 23.7 Å². The van der Waals surface area contributed by atoms with Gasteiger partial charge in [0, 0.05) is 31.2 Å². The maximum Gasteiger partial charge on any atom is 0.238 e. The van der Waals surface area contributed by atoms with Crippen LogP contribution in [0.2, 0.25) is 0 Å². The van der Waals surface area contributed by atoms with Gasteiger partial charge in [-0.3, -0.25) is 20.1 Å². The molecule has 0 saturated heterocycles. The second-order valence-corrected chi connectivity index (χ2v) is 10.7. The van der Waals surface area contributed by atoms with Crippen molar-refractivity contribution in [2.24, 2.45) is 10.9 Å². The Kier molecular flexibility index (Phi) is 11.4. The van der Waals surface area contributed by atoms with Gasteiger partial charge in [-0.2, -0.15) is 5.26 Å². The summed E-state index contributed by atoms with van der Waals surface area (Å²) >= 11 is 0. The average molecular weight is 465 g/mol. The minimum absolute atomic E-state index is 0.343. The van der Waals surface area contributed by atoms with Gasteiger partial charge in [0.15, 0.2) is 6.19 Å². The smallest absolute Gasteiger partial charge is 0.238 e. The highest BCUT2D eigenvalue weighted by molar-refractivity contribution is 7.89. The number of hydroxylamine groups is 1. The van der Waals surface area contributed by atoms with Crippen molar-refractivity contribution in [2.45, 2.75) is 70.5 Å². The topological polar surface area (TPSA) is 120 Å². The van der Waals surface area contributed by atoms with Crippen LogP contribution in [0.3, 0.4) is 0 Å². The van der Waals surface area contributed by atoms with Crippen LogP contribution in [0.15, 0.2) is 29.5 Å². The highest BCUT2D eigenvalue weighted by Crippen LogP contribution is 2.24. The van der Waals surface area contributed by atoms with Gasteiger partial charge in [-0.15, -0.1) is 0 Å². The SMILES string of the molecule is CC(C)S(=O)(=O)N(CCCCCN=C(NC#N)Nc1ccncc1)OCC1CCCCC1. The number of anilines is 1. The summed E-state index contributed by atoms with van der Waals surface area (Å²) in [5.74, 6) is 0.820. The summed E-state index contributed by atoms with van der Waals surface area (Å²) in [6.07, 6.45) is 13.3. The molecule has 0 bridgehead atoms. The number of sulfonamides is 1. The number of hydrogen-bond acceptors (Lipinski definition) is 6. The Balaban J connectivity index is 1.79. The minimum Gasteiger partial charge on any atom is -0.325 e. The number of pyridine rings is 1. The van der Waals surface area contributed by atoms with Crippen LogP contribution in [-0.4, -0.2) is 48.8 Å². The summed E-state index contributed by atoms with van der Waals surface area (Å²) < 4.78 is 26.6. The Labute approximate surface area is 192 Å². The van der Waals surface area contributed by atoms with Crippen LogP contribution < -0.4 is 10.6 Å².